The molecule has 1 spiro atoms. The molecule has 4 rings (SSSR count). The molecule has 9 atom stereocenters. The molecule has 0 heterocycles. The van der Waals surface area contributed by atoms with Gasteiger partial charge in [0.05, 0.1) is 18.3 Å². The van der Waals surface area contributed by atoms with Crippen LogP contribution < -0.4 is 0 Å². The number of hydrogen-bond donors (Lipinski definition) is 4. The summed E-state index contributed by atoms with van der Waals surface area (Å²) in [6.45, 7) is 8.58. The van der Waals surface area contributed by atoms with E-state index in [2.05, 4.69) is 18.0 Å². The third-order valence-electron chi connectivity index (χ3n) is 8.93. The van der Waals surface area contributed by atoms with Crippen molar-refractivity contribution in [2.45, 2.75) is 77.3 Å². The molecule has 0 aromatic heterocycles. The van der Waals surface area contributed by atoms with Gasteiger partial charge in [-0.05, 0) is 55.9 Å². The maximum Gasteiger partial charge on any atom is 0.101 e. The third kappa shape index (κ3) is 2.29. The van der Waals surface area contributed by atoms with E-state index in [-0.39, 0.29) is 23.7 Å². The van der Waals surface area contributed by atoms with Crippen LogP contribution in [0.25, 0.3) is 0 Å². The first kappa shape index (κ1) is 19.6. The van der Waals surface area contributed by atoms with Gasteiger partial charge in [-0.3, -0.25) is 4.99 Å². The lowest BCUT2D eigenvalue weighted by Crippen LogP contribution is -2.57. The van der Waals surface area contributed by atoms with Crippen LogP contribution in [0.4, 0.5) is 0 Å². The van der Waals surface area contributed by atoms with Gasteiger partial charge in [0.15, 0.2) is 0 Å². The van der Waals surface area contributed by atoms with E-state index in [1.807, 2.05) is 27.0 Å². The van der Waals surface area contributed by atoms with E-state index in [1.54, 1.807) is 0 Å². The lowest BCUT2D eigenvalue weighted by Gasteiger charge is -2.47. The average Bonchev–Trinajstić information content (AvgIpc) is 2.86. The van der Waals surface area contributed by atoms with Crippen molar-refractivity contribution in [1.29, 1.82) is 0 Å². The maximum atomic E-state index is 11.8. The van der Waals surface area contributed by atoms with Gasteiger partial charge in [0, 0.05) is 29.5 Å². The number of fused-ring (bicyclic) bond motifs is 2. The topological polar surface area (TPSA) is 93.3 Å². The van der Waals surface area contributed by atoms with Gasteiger partial charge in [-0.1, -0.05) is 26.8 Å². The van der Waals surface area contributed by atoms with Crippen LogP contribution in [-0.2, 0) is 0 Å². The Bertz CT molecular complexity index is 673. The Kier molecular flexibility index (Phi) is 4.44. The molecule has 0 unspecified atom stereocenters. The highest BCUT2D eigenvalue weighted by Gasteiger charge is 2.70. The van der Waals surface area contributed by atoms with E-state index in [1.165, 1.54) is 0 Å². The second-order valence-electron chi connectivity index (χ2n) is 10.1. The number of aliphatic imine (C=N–C) groups is 1. The molecule has 0 aromatic rings. The molecule has 0 aliphatic heterocycles. The largest absolute Gasteiger partial charge is 0.392 e. The summed E-state index contributed by atoms with van der Waals surface area (Å²) in [7, 11) is 0. The molecular formula is C22H35NO4. The van der Waals surface area contributed by atoms with Crippen molar-refractivity contribution in [3.63, 3.8) is 0 Å². The van der Waals surface area contributed by atoms with Crippen LogP contribution >= 0.6 is 0 Å². The Morgan fingerprint density at radius 3 is 2.52 bits per heavy atom. The molecule has 3 saturated carbocycles. The number of aliphatic hydroxyl groups is 4. The highest BCUT2D eigenvalue weighted by molar-refractivity contribution is 5.81. The second kappa shape index (κ2) is 6.12. The van der Waals surface area contributed by atoms with Crippen molar-refractivity contribution >= 4 is 6.21 Å². The Labute approximate surface area is 162 Å². The Morgan fingerprint density at radius 1 is 1.15 bits per heavy atom. The second-order valence-corrected chi connectivity index (χ2v) is 10.1. The van der Waals surface area contributed by atoms with Crippen LogP contribution in [0.1, 0.15) is 53.4 Å². The Morgan fingerprint density at radius 2 is 1.85 bits per heavy atom. The number of aliphatic hydroxyl groups excluding tert-OH is 3. The third-order valence-corrected chi connectivity index (χ3v) is 8.93. The normalized spacial score (nSPS) is 53.8. The fourth-order valence-electron chi connectivity index (χ4n) is 7.27. The fraction of sp³-hybridized carbons (Fsp3) is 0.864. The predicted octanol–water partition coefficient (Wildman–Crippen LogP) is 1.93. The maximum absolute atomic E-state index is 11.8. The van der Waals surface area contributed by atoms with Gasteiger partial charge in [0.2, 0.25) is 0 Å². The van der Waals surface area contributed by atoms with Crippen LogP contribution in [0.5, 0.6) is 0 Å². The van der Waals surface area contributed by atoms with Crippen LogP contribution in [0.15, 0.2) is 16.6 Å². The molecule has 3 fully saturated rings. The van der Waals surface area contributed by atoms with E-state index in [0.717, 1.165) is 18.4 Å². The van der Waals surface area contributed by atoms with Crippen molar-refractivity contribution in [3.05, 3.63) is 11.6 Å². The van der Waals surface area contributed by atoms with E-state index in [9.17, 15) is 20.4 Å². The molecule has 27 heavy (non-hydrogen) atoms. The molecular weight excluding hydrogens is 342 g/mol. The van der Waals surface area contributed by atoms with Gasteiger partial charge in [-0.2, -0.15) is 0 Å². The minimum Gasteiger partial charge on any atom is -0.392 e. The number of rotatable bonds is 2. The van der Waals surface area contributed by atoms with Gasteiger partial charge in [-0.15, -0.1) is 0 Å². The van der Waals surface area contributed by atoms with Crippen LogP contribution in [0, 0.1) is 34.5 Å². The lowest BCUT2D eigenvalue weighted by atomic mass is 9.59. The average molecular weight is 378 g/mol. The van der Waals surface area contributed by atoms with E-state index in [4.69, 9.17) is 0 Å². The summed E-state index contributed by atoms with van der Waals surface area (Å²) in [6, 6.07) is 0. The zero-order chi connectivity index (χ0) is 19.8. The smallest absolute Gasteiger partial charge is 0.101 e. The monoisotopic (exact) mass is 377 g/mol. The molecule has 4 N–H and O–H groups in total. The lowest BCUT2D eigenvalue weighted by molar-refractivity contribution is -0.177. The van der Waals surface area contributed by atoms with Gasteiger partial charge >= 0.3 is 0 Å². The first-order valence-corrected chi connectivity index (χ1v) is 10.6. The highest BCUT2D eigenvalue weighted by Crippen LogP contribution is 2.66. The molecule has 0 amide bonds. The summed E-state index contributed by atoms with van der Waals surface area (Å²) in [6.07, 6.45) is 4.64. The Balaban J connectivity index is 1.82. The SMILES string of the molecule is CCN=CC1=C[C@@]23C[C@@H](O)[C@@]4(O)[C@@H](C[C@H](O)C4(C)C)[C@@H](C)[C@@H]2CC[C@@H]1[C@H]3O. The zero-order valence-electron chi connectivity index (χ0n) is 17.0. The highest BCUT2D eigenvalue weighted by atomic mass is 16.4. The van der Waals surface area contributed by atoms with Crippen molar-refractivity contribution in [2.24, 2.45) is 39.5 Å². The van der Waals surface area contributed by atoms with Crippen molar-refractivity contribution in [1.82, 2.24) is 0 Å². The van der Waals surface area contributed by atoms with Gasteiger partial charge in [0.1, 0.15) is 5.60 Å². The fourth-order valence-corrected chi connectivity index (χ4v) is 7.27. The first-order valence-electron chi connectivity index (χ1n) is 10.6. The van der Waals surface area contributed by atoms with Crippen LogP contribution in [0.2, 0.25) is 0 Å². The molecule has 0 radical (unpaired) electrons. The minimum absolute atomic E-state index is 0.0714. The van der Waals surface area contributed by atoms with Crippen molar-refractivity contribution < 1.29 is 20.4 Å². The molecule has 4 aliphatic rings. The standard InChI is InChI=1S/C22H35NO4/c1-5-23-11-13-9-21-10-18(25)22(27)16(8-17(24)20(22,3)4)12(2)15(21)7-6-14(13)19(21)26/h9,11-12,14-19,24-27H,5-8,10H2,1-4H3/t12-,14-,15-,16-,17-,18+,19+,21+,22-/m0/s1. The minimum atomic E-state index is -1.35. The molecule has 5 nitrogen and oxygen atoms in total. The molecule has 2 bridgehead atoms. The summed E-state index contributed by atoms with van der Waals surface area (Å²) in [5.74, 6) is 0.193. The number of nitrogens with zero attached hydrogens (tertiary/aromatic N) is 1. The predicted molar refractivity (Wildman–Crippen MR) is 104 cm³/mol. The van der Waals surface area contributed by atoms with Gasteiger partial charge in [0.25, 0.3) is 0 Å². The Hall–Kier alpha value is -0.750. The zero-order valence-corrected chi connectivity index (χ0v) is 17.0. The summed E-state index contributed by atoms with van der Waals surface area (Å²) in [5, 5.41) is 45.0. The summed E-state index contributed by atoms with van der Waals surface area (Å²) < 4.78 is 0. The quantitative estimate of drug-likeness (QED) is 0.553. The molecule has 5 heteroatoms. The summed E-state index contributed by atoms with van der Waals surface area (Å²) >= 11 is 0. The first-order chi connectivity index (χ1) is 12.6. The van der Waals surface area contributed by atoms with E-state index < -0.39 is 34.7 Å². The molecule has 0 saturated heterocycles. The molecule has 152 valence electrons. The summed E-state index contributed by atoms with van der Waals surface area (Å²) in [5.41, 5.74) is -1.56. The van der Waals surface area contributed by atoms with Crippen LogP contribution in [0.3, 0.4) is 0 Å². The summed E-state index contributed by atoms with van der Waals surface area (Å²) in [4.78, 5) is 4.40. The van der Waals surface area contributed by atoms with Crippen LogP contribution in [-0.4, -0.2) is 57.1 Å². The van der Waals surface area contributed by atoms with Gasteiger partial charge < -0.3 is 20.4 Å². The molecule has 4 aliphatic carbocycles. The molecule has 0 aromatic carbocycles. The van der Waals surface area contributed by atoms with Gasteiger partial charge in [-0.25, -0.2) is 0 Å². The van der Waals surface area contributed by atoms with E-state index >= 15 is 0 Å². The number of hydrogen-bond acceptors (Lipinski definition) is 5. The van der Waals surface area contributed by atoms with Crippen molar-refractivity contribution in [3.8, 4) is 0 Å². The van der Waals surface area contributed by atoms with E-state index in [0.29, 0.717) is 19.4 Å². The van der Waals surface area contributed by atoms with Crippen molar-refractivity contribution in [2.75, 3.05) is 6.54 Å².